The molecule has 0 saturated carbocycles. The molecule has 258 valence electrons. The van der Waals surface area contributed by atoms with Crippen LogP contribution in [0.2, 0.25) is 0 Å². The summed E-state index contributed by atoms with van der Waals surface area (Å²) in [4.78, 5) is 2.43. The lowest BCUT2D eigenvalue weighted by atomic mass is 9.81. The van der Waals surface area contributed by atoms with Gasteiger partial charge in [0.15, 0.2) is 0 Å². The molecule has 0 radical (unpaired) electrons. The number of hydrogen-bond acceptors (Lipinski definition) is 2. The van der Waals surface area contributed by atoms with E-state index >= 15 is 0 Å². The van der Waals surface area contributed by atoms with E-state index in [0.717, 1.165) is 33.5 Å². The SMILES string of the molecule is CC1(C)c2ccccc2-c2ccc(N(c3ccccc3)c3ccc4c(c3)C(C)(C)c3cc(-c5cc6ccccc6c6c5oc5ccccc56)ccc3-4)cc21. The summed E-state index contributed by atoms with van der Waals surface area (Å²) in [6, 6.07) is 60.2. The fraction of sp³-hybridized carbons (Fsp3) is 0.115. The van der Waals surface area contributed by atoms with E-state index in [0.29, 0.717) is 0 Å². The van der Waals surface area contributed by atoms with Crippen LogP contribution >= 0.6 is 0 Å². The fourth-order valence-corrected chi connectivity index (χ4v) is 9.68. The van der Waals surface area contributed by atoms with Crippen molar-refractivity contribution in [1.82, 2.24) is 0 Å². The Morgan fingerprint density at radius 2 is 0.963 bits per heavy atom. The molecule has 8 aromatic carbocycles. The van der Waals surface area contributed by atoms with Crippen LogP contribution in [0.5, 0.6) is 0 Å². The molecular formula is C52H39NO. The maximum Gasteiger partial charge on any atom is 0.143 e. The van der Waals surface area contributed by atoms with Gasteiger partial charge in [0.25, 0.3) is 0 Å². The number of para-hydroxylation sites is 2. The van der Waals surface area contributed by atoms with Crippen LogP contribution in [-0.2, 0) is 10.8 Å². The fourth-order valence-electron chi connectivity index (χ4n) is 9.68. The Hall–Kier alpha value is -6.38. The summed E-state index contributed by atoms with van der Waals surface area (Å²) in [7, 11) is 0. The zero-order chi connectivity index (χ0) is 36.3. The summed E-state index contributed by atoms with van der Waals surface area (Å²) in [6.45, 7) is 9.47. The van der Waals surface area contributed by atoms with Crippen LogP contribution in [0.4, 0.5) is 17.1 Å². The molecule has 2 heteroatoms. The van der Waals surface area contributed by atoms with Gasteiger partial charge in [-0.25, -0.2) is 0 Å². The molecule has 2 aliphatic rings. The first-order valence-electron chi connectivity index (χ1n) is 19.0. The molecule has 0 bridgehead atoms. The van der Waals surface area contributed by atoms with Crippen molar-refractivity contribution in [3.05, 3.63) is 186 Å². The highest BCUT2D eigenvalue weighted by atomic mass is 16.3. The molecule has 11 rings (SSSR count). The van der Waals surface area contributed by atoms with Gasteiger partial charge in [-0.15, -0.1) is 0 Å². The second-order valence-corrected chi connectivity index (χ2v) is 16.1. The summed E-state index contributed by atoms with van der Waals surface area (Å²) in [5, 5.41) is 4.79. The van der Waals surface area contributed by atoms with E-state index in [-0.39, 0.29) is 10.8 Å². The van der Waals surface area contributed by atoms with E-state index in [9.17, 15) is 0 Å². The third kappa shape index (κ3) is 4.28. The average molecular weight is 694 g/mol. The third-order valence-corrected chi connectivity index (χ3v) is 12.4. The topological polar surface area (TPSA) is 16.4 Å². The molecule has 0 N–H and O–H groups in total. The van der Waals surface area contributed by atoms with Gasteiger partial charge in [-0.3, -0.25) is 0 Å². The van der Waals surface area contributed by atoms with Crippen molar-refractivity contribution in [3.63, 3.8) is 0 Å². The molecule has 2 aliphatic carbocycles. The molecule has 0 saturated heterocycles. The average Bonchev–Trinajstić information content (AvgIpc) is 3.78. The van der Waals surface area contributed by atoms with E-state index in [1.807, 2.05) is 0 Å². The van der Waals surface area contributed by atoms with Crippen molar-refractivity contribution in [2.75, 3.05) is 4.90 Å². The van der Waals surface area contributed by atoms with E-state index in [4.69, 9.17) is 4.42 Å². The molecule has 0 spiro atoms. The van der Waals surface area contributed by atoms with Gasteiger partial charge in [-0.2, -0.15) is 0 Å². The Bertz CT molecular complexity index is 3000. The van der Waals surface area contributed by atoms with Crippen molar-refractivity contribution in [1.29, 1.82) is 0 Å². The predicted octanol–water partition coefficient (Wildman–Crippen LogP) is 14.5. The number of benzene rings is 8. The van der Waals surface area contributed by atoms with Crippen molar-refractivity contribution in [2.24, 2.45) is 0 Å². The molecule has 1 aromatic heterocycles. The summed E-state index contributed by atoms with van der Waals surface area (Å²) in [5.41, 5.74) is 18.1. The van der Waals surface area contributed by atoms with Gasteiger partial charge in [-0.05, 0) is 115 Å². The number of hydrogen-bond donors (Lipinski definition) is 0. The Morgan fingerprint density at radius 3 is 1.70 bits per heavy atom. The first kappa shape index (κ1) is 31.2. The van der Waals surface area contributed by atoms with Gasteiger partial charge in [0, 0.05) is 44.2 Å². The minimum atomic E-state index is -0.218. The van der Waals surface area contributed by atoms with Crippen LogP contribution in [0, 0.1) is 0 Å². The Morgan fingerprint density at radius 1 is 0.407 bits per heavy atom. The van der Waals surface area contributed by atoms with Gasteiger partial charge in [0.1, 0.15) is 11.2 Å². The van der Waals surface area contributed by atoms with Crippen LogP contribution in [0.1, 0.15) is 49.9 Å². The molecule has 0 atom stereocenters. The van der Waals surface area contributed by atoms with Crippen molar-refractivity contribution < 1.29 is 4.42 Å². The molecule has 0 amide bonds. The molecule has 0 aliphatic heterocycles. The number of rotatable bonds is 4. The van der Waals surface area contributed by atoms with Gasteiger partial charge in [0.05, 0.1) is 0 Å². The second-order valence-electron chi connectivity index (χ2n) is 16.1. The van der Waals surface area contributed by atoms with E-state index in [2.05, 4.69) is 196 Å². The number of furan rings is 1. The first-order valence-corrected chi connectivity index (χ1v) is 19.0. The summed E-state index contributed by atoms with van der Waals surface area (Å²) in [5.74, 6) is 0. The van der Waals surface area contributed by atoms with E-state index in [1.165, 1.54) is 71.9 Å². The summed E-state index contributed by atoms with van der Waals surface area (Å²) in [6.07, 6.45) is 0. The van der Waals surface area contributed by atoms with Gasteiger partial charge < -0.3 is 9.32 Å². The molecule has 54 heavy (non-hydrogen) atoms. The standard InChI is InChI=1S/C52H39NO/c1-51(2)44-20-12-10-18-38(44)40-26-23-35(30-46(40)51)53(34-15-6-5-7-16-34)36-24-27-41-39-25-22-33(29-45(39)52(3,4)47(41)31-36)43-28-32-14-8-9-17-37(32)49-42-19-11-13-21-48(42)54-50(43)49/h5-31H,1-4H3. The summed E-state index contributed by atoms with van der Waals surface area (Å²) < 4.78 is 6.66. The molecule has 1 heterocycles. The number of nitrogens with zero attached hydrogens (tertiary/aromatic N) is 1. The minimum Gasteiger partial charge on any atom is -0.455 e. The van der Waals surface area contributed by atoms with Crippen LogP contribution in [0.25, 0.3) is 66.1 Å². The van der Waals surface area contributed by atoms with Crippen LogP contribution < -0.4 is 4.90 Å². The van der Waals surface area contributed by atoms with Crippen LogP contribution in [0.15, 0.2) is 168 Å². The van der Waals surface area contributed by atoms with Crippen molar-refractivity contribution in [2.45, 2.75) is 38.5 Å². The van der Waals surface area contributed by atoms with E-state index < -0.39 is 0 Å². The molecular weight excluding hydrogens is 655 g/mol. The molecule has 0 unspecified atom stereocenters. The smallest absolute Gasteiger partial charge is 0.143 e. The van der Waals surface area contributed by atoms with Crippen molar-refractivity contribution >= 4 is 49.8 Å². The van der Waals surface area contributed by atoms with Gasteiger partial charge in [-0.1, -0.05) is 137 Å². The minimum absolute atomic E-state index is 0.0808. The lowest BCUT2D eigenvalue weighted by Crippen LogP contribution is -2.18. The highest BCUT2D eigenvalue weighted by molar-refractivity contribution is 6.22. The second kappa shape index (κ2) is 11.1. The van der Waals surface area contributed by atoms with Gasteiger partial charge in [0.2, 0.25) is 0 Å². The highest BCUT2D eigenvalue weighted by Gasteiger charge is 2.38. The normalized spacial score (nSPS) is 14.6. The monoisotopic (exact) mass is 693 g/mol. The lowest BCUT2D eigenvalue weighted by molar-refractivity contribution is 0.660. The summed E-state index contributed by atoms with van der Waals surface area (Å²) >= 11 is 0. The molecule has 2 nitrogen and oxygen atoms in total. The van der Waals surface area contributed by atoms with Crippen LogP contribution in [0.3, 0.4) is 0 Å². The number of fused-ring (bicyclic) bond motifs is 11. The first-order chi connectivity index (χ1) is 26.3. The van der Waals surface area contributed by atoms with E-state index in [1.54, 1.807) is 0 Å². The maximum absolute atomic E-state index is 6.66. The predicted molar refractivity (Wildman–Crippen MR) is 226 cm³/mol. The Balaban J connectivity index is 1.05. The maximum atomic E-state index is 6.66. The van der Waals surface area contributed by atoms with Gasteiger partial charge >= 0.3 is 0 Å². The molecule has 0 fully saturated rings. The lowest BCUT2D eigenvalue weighted by Gasteiger charge is -2.29. The Labute approximate surface area is 315 Å². The highest BCUT2D eigenvalue weighted by Crippen LogP contribution is 2.54. The quantitative estimate of drug-likeness (QED) is 0.182. The van der Waals surface area contributed by atoms with Crippen molar-refractivity contribution in [3.8, 4) is 33.4 Å². The van der Waals surface area contributed by atoms with Crippen LogP contribution in [-0.4, -0.2) is 0 Å². The third-order valence-electron chi connectivity index (χ3n) is 12.4. The zero-order valence-electron chi connectivity index (χ0n) is 30.9. The number of anilines is 3. The largest absolute Gasteiger partial charge is 0.455 e. The Kier molecular flexibility index (Phi) is 6.39. The zero-order valence-corrected chi connectivity index (χ0v) is 30.9. The molecule has 9 aromatic rings.